The van der Waals surface area contributed by atoms with E-state index in [9.17, 15) is 4.79 Å². The van der Waals surface area contributed by atoms with Crippen LogP contribution < -0.4 is 16.0 Å². The molecule has 0 rings (SSSR count). The second kappa shape index (κ2) is 5.80. The second-order valence-corrected chi connectivity index (χ2v) is 3.88. The quantitative estimate of drug-likeness (QED) is 0.589. The molecule has 13 heavy (non-hydrogen) atoms. The van der Waals surface area contributed by atoms with Crippen molar-refractivity contribution < 1.29 is 4.79 Å². The second-order valence-electron chi connectivity index (χ2n) is 3.88. The van der Waals surface area contributed by atoms with Crippen molar-refractivity contribution in [2.45, 2.75) is 20.8 Å². The summed E-state index contributed by atoms with van der Waals surface area (Å²) in [6.45, 7) is 8.86. The molecule has 0 radical (unpaired) electrons. The number of carbonyl (C=O) groups excluding carboxylic acids is 1. The molecule has 0 bridgehead atoms. The van der Waals surface area contributed by atoms with Crippen molar-refractivity contribution in [1.82, 2.24) is 16.0 Å². The number of urea groups is 1. The molecule has 0 atom stereocenters. The Bertz CT molecular complexity index is 157. The van der Waals surface area contributed by atoms with Gasteiger partial charge in [0.25, 0.3) is 0 Å². The molecule has 3 N–H and O–H groups in total. The number of carbonyl (C=O) groups is 1. The summed E-state index contributed by atoms with van der Waals surface area (Å²) in [6.07, 6.45) is 0. The van der Waals surface area contributed by atoms with Crippen LogP contribution in [0.15, 0.2) is 0 Å². The monoisotopic (exact) mass is 187 g/mol. The van der Waals surface area contributed by atoms with E-state index in [1.807, 2.05) is 0 Å². The molecule has 0 spiro atoms. The molecule has 0 fully saturated rings. The van der Waals surface area contributed by atoms with E-state index in [0.717, 1.165) is 13.1 Å². The Morgan fingerprint density at radius 3 is 2.38 bits per heavy atom. The third-order valence-electron chi connectivity index (χ3n) is 1.81. The lowest BCUT2D eigenvalue weighted by Crippen LogP contribution is -2.43. The molecule has 0 aliphatic carbocycles. The van der Waals surface area contributed by atoms with Crippen LogP contribution in [0.2, 0.25) is 0 Å². The minimum absolute atomic E-state index is 0.0997. The number of rotatable bonds is 5. The highest BCUT2D eigenvalue weighted by Gasteiger charge is 2.17. The number of amides is 2. The Morgan fingerprint density at radius 2 is 1.92 bits per heavy atom. The third-order valence-corrected chi connectivity index (χ3v) is 1.81. The van der Waals surface area contributed by atoms with Crippen LogP contribution >= 0.6 is 0 Å². The van der Waals surface area contributed by atoms with Gasteiger partial charge in [0.2, 0.25) is 0 Å². The van der Waals surface area contributed by atoms with E-state index in [4.69, 9.17) is 0 Å². The van der Waals surface area contributed by atoms with Gasteiger partial charge in [-0.1, -0.05) is 20.8 Å². The van der Waals surface area contributed by atoms with Gasteiger partial charge in [-0.3, -0.25) is 0 Å². The average molecular weight is 187 g/mol. The van der Waals surface area contributed by atoms with E-state index in [1.165, 1.54) is 0 Å². The van der Waals surface area contributed by atoms with E-state index in [-0.39, 0.29) is 11.4 Å². The van der Waals surface area contributed by atoms with Gasteiger partial charge in [0.15, 0.2) is 0 Å². The van der Waals surface area contributed by atoms with Crippen LogP contribution in [0.1, 0.15) is 20.8 Å². The maximum Gasteiger partial charge on any atom is 0.314 e. The molecule has 0 aliphatic rings. The van der Waals surface area contributed by atoms with Gasteiger partial charge < -0.3 is 16.0 Å². The molecule has 78 valence electrons. The van der Waals surface area contributed by atoms with Gasteiger partial charge in [0, 0.05) is 20.1 Å². The SMILES string of the molecule is CCNCC(C)(C)CNC(=O)NC. The smallest absolute Gasteiger partial charge is 0.314 e. The third kappa shape index (κ3) is 6.40. The fourth-order valence-corrected chi connectivity index (χ4v) is 0.934. The zero-order valence-corrected chi connectivity index (χ0v) is 9.03. The molecule has 4 nitrogen and oxygen atoms in total. The summed E-state index contributed by atoms with van der Waals surface area (Å²) in [5.41, 5.74) is 0.0997. The molecule has 2 amide bonds. The largest absolute Gasteiger partial charge is 0.341 e. The topological polar surface area (TPSA) is 53.2 Å². The van der Waals surface area contributed by atoms with E-state index in [2.05, 4.69) is 36.7 Å². The highest BCUT2D eigenvalue weighted by atomic mass is 16.2. The summed E-state index contributed by atoms with van der Waals surface area (Å²) in [5, 5.41) is 8.57. The maximum atomic E-state index is 10.9. The Hall–Kier alpha value is -0.770. The Morgan fingerprint density at radius 1 is 1.31 bits per heavy atom. The van der Waals surface area contributed by atoms with Crippen LogP contribution in [0.4, 0.5) is 4.79 Å². The first-order valence-corrected chi connectivity index (χ1v) is 4.68. The Kier molecular flexibility index (Phi) is 5.46. The number of hydrogen-bond acceptors (Lipinski definition) is 2. The van der Waals surface area contributed by atoms with Crippen molar-refractivity contribution in [2.24, 2.45) is 5.41 Å². The van der Waals surface area contributed by atoms with E-state index in [0.29, 0.717) is 6.54 Å². The van der Waals surface area contributed by atoms with Crippen LogP contribution in [0, 0.1) is 5.41 Å². The van der Waals surface area contributed by atoms with Crippen molar-refractivity contribution in [2.75, 3.05) is 26.7 Å². The summed E-state index contributed by atoms with van der Waals surface area (Å²) in [6, 6.07) is -0.121. The zero-order chi connectivity index (χ0) is 10.3. The van der Waals surface area contributed by atoms with Crippen molar-refractivity contribution in [3.8, 4) is 0 Å². The van der Waals surface area contributed by atoms with Gasteiger partial charge in [0.1, 0.15) is 0 Å². The standard InChI is InChI=1S/C9H21N3O/c1-5-11-6-9(2,3)7-12-8(13)10-4/h11H,5-7H2,1-4H3,(H2,10,12,13). The molecule has 0 aromatic rings. The summed E-state index contributed by atoms with van der Waals surface area (Å²) < 4.78 is 0. The van der Waals surface area contributed by atoms with Crippen LogP contribution in [-0.2, 0) is 0 Å². The maximum absolute atomic E-state index is 10.9. The van der Waals surface area contributed by atoms with E-state index in [1.54, 1.807) is 7.05 Å². The van der Waals surface area contributed by atoms with Crippen molar-refractivity contribution >= 4 is 6.03 Å². The van der Waals surface area contributed by atoms with Crippen LogP contribution in [0.25, 0.3) is 0 Å². The van der Waals surface area contributed by atoms with Crippen molar-refractivity contribution in [3.05, 3.63) is 0 Å². The van der Waals surface area contributed by atoms with Gasteiger partial charge in [-0.05, 0) is 12.0 Å². The van der Waals surface area contributed by atoms with Gasteiger partial charge in [-0.15, -0.1) is 0 Å². The van der Waals surface area contributed by atoms with Crippen molar-refractivity contribution in [1.29, 1.82) is 0 Å². The summed E-state index contributed by atoms with van der Waals surface area (Å²) in [4.78, 5) is 10.9. The average Bonchev–Trinajstić information content (AvgIpc) is 2.11. The first kappa shape index (κ1) is 12.2. The van der Waals surface area contributed by atoms with Crippen LogP contribution in [0.3, 0.4) is 0 Å². The normalized spacial score (nSPS) is 11.1. The fraction of sp³-hybridized carbons (Fsp3) is 0.889. The molecule has 0 unspecified atom stereocenters. The molecule has 0 saturated heterocycles. The molecule has 0 aromatic carbocycles. The lowest BCUT2D eigenvalue weighted by atomic mass is 9.93. The van der Waals surface area contributed by atoms with Gasteiger partial charge in [-0.2, -0.15) is 0 Å². The minimum atomic E-state index is -0.121. The Balaban J connectivity index is 3.67. The Labute approximate surface area is 80.5 Å². The predicted octanol–water partition coefficient (Wildman–Crippen LogP) is 0.551. The molecule has 0 aromatic heterocycles. The van der Waals surface area contributed by atoms with Gasteiger partial charge in [0.05, 0.1) is 0 Å². The molecule has 4 heteroatoms. The molecule has 0 saturated carbocycles. The van der Waals surface area contributed by atoms with Crippen molar-refractivity contribution in [3.63, 3.8) is 0 Å². The van der Waals surface area contributed by atoms with Gasteiger partial charge in [-0.25, -0.2) is 4.79 Å². The predicted molar refractivity (Wildman–Crippen MR) is 54.8 cm³/mol. The number of nitrogens with one attached hydrogen (secondary N) is 3. The molecular weight excluding hydrogens is 166 g/mol. The van der Waals surface area contributed by atoms with E-state index >= 15 is 0 Å². The summed E-state index contributed by atoms with van der Waals surface area (Å²) >= 11 is 0. The lowest BCUT2D eigenvalue weighted by molar-refractivity contribution is 0.235. The van der Waals surface area contributed by atoms with Crippen LogP contribution in [0.5, 0.6) is 0 Å². The zero-order valence-electron chi connectivity index (χ0n) is 9.03. The first-order valence-electron chi connectivity index (χ1n) is 4.68. The first-order chi connectivity index (χ1) is 6.02. The fourth-order valence-electron chi connectivity index (χ4n) is 0.934. The number of hydrogen-bond donors (Lipinski definition) is 3. The summed E-state index contributed by atoms with van der Waals surface area (Å²) in [7, 11) is 1.62. The van der Waals surface area contributed by atoms with Crippen LogP contribution in [-0.4, -0.2) is 32.7 Å². The minimum Gasteiger partial charge on any atom is -0.341 e. The molecule has 0 heterocycles. The molecule has 0 aliphatic heterocycles. The molecular formula is C9H21N3O. The highest BCUT2D eigenvalue weighted by molar-refractivity contribution is 5.73. The summed E-state index contributed by atoms with van der Waals surface area (Å²) in [5.74, 6) is 0. The van der Waals surface area contributed by atoms with Gasteiger partial charge >= 0.3 is 6.03 Å². The van der Waals surface area contributed by atoms with E-state index < -0.39 is 0 Å². The lowest BCUT2D eigenvalue weighted by Gasteiger charge is -2.24. The highest BCUT2D eigenvalue weighted by Crippen LogP contribution is 2.10.